The third kappa shape index (κ3) is 3.49. The predicted molar refractivity (Wildman–Crippen MR) is 67.7 cm³/mol. The lowest BCUT2D eigenvalue weighted by Crippen LogP contribution is -1.99. The van der Waals surface area contributed by atoms with Crippen LogP contribution in [0.15, 0.2) is 22.7 Å². The highest BCUT2D eigenvalue weighted by atomic mass is 79.9. The Morgan fingerprint density at radius 2 is 2.19 bits per heavy atom. The molecule has 1 aliphatic rings. The van der Waals surface area contributed by atoms with Crippen molar-refractivity contribution in [3.63, 3.8) is 0 Å². The molecule has 16 heavy (non-hydrogen) atoms. The Morgan fingerprint density at radius 3 is 2.88 bits per heavy atom. The van der Waals surface area contributed by atoms with Crippen molar-refractivity contribution >= 4 is 15.9 Å². The SMILES string of the molecule is COc1ccc(Br)cc1COCCC1CC1. The summed E-state index contributed by atoms with van der Waals surface area (Å²) >= 11 is 3.46. The number of benzene rings is 1. The van der Waals surface area contributed by atoms with Crippen molar-refractivity contribution in [3.8, 4) is 5.75 Å². The first-order valence-corrected chi connectivity index (χ1v) is 6.49. The van der Waals surface area contributed by atoms with Crippen LogP contribution in [-0.4, -0.2) is 13.7 Å². The van der Waals surface area contributed by atoms with E-state index in [4.69, 9.17) is 9.47 Å². The van der Waals surface area contributed by atoms with Gasteiger partial charge in [-0.15, -0.1) is 0 Å². The summed E-state index contributed by atoms with van der Waals surface area (Å²) in [6.45, 7) is 1.50. The van der Waals surface area contributed by atoms with E-state index in [1.807, 2.05) is 12.1 Å². The van der Waals surface area contributed by atoms with Gasteiger partial charge in [0.15, 0.2) is 0 Å². The van der Waals surface area contributed by atoms with Crippen LogP contribution in [0.1, 0.15) is 24.8 Å². The van der Waals surface area contributed by atoms with Crippen molar-refractivity contribution < 1.29 is 9.47 Å². The Labute approximate surface area is 105 Å². The fourth-order valence-corrected chi connectivity index (χ4v) is 2.11. The lowest BCUT2D eigenvalue weighted by molar-refractivity contribution is 0.113. The van der Waals surface area contributed by atoms with Gasteiger partial charge in [-0.25, -0.2) is 0 Å². The second-order valence-corrected chi connectivity index (χ2v) is 5.16. The standard InChI is InChI=1S/C13H17BrO2/c1-15-13-5-4-12(14)8-11(13)9-16-7-6-10-2-3-10/h4-5,8,10H,2-3,6-7,9H2,1H3. The molecule has 0 saturated heterocycles. The van der Waals surface area contributed by atoms with Gasteiger partial charge in [0.25, 0.3) is 0 Å². The molecule has 0 aromatic heterocycles. The zero-order valence-corrected chi connectivity index (χ0v) is 11.1. The average molecular weight is 285 g/mol. The molecule has 0 bridgehead atoms. The predicted octanol–water partition coefficient (Wildman–Crippen LogP) is 3.77. The fourth-order valence-electron chi connectivity index (χ4n) is 1.70. The van der Waals surface area contributed by atoms with Crippen LogP contribution in [0.5, 0.6) is 5.75 Å². The van der Waals surface area contributed by atoms with E-state index < -0.39 is 0 Å². The van der Waals surface area contributed by atoms with Gasteiger partial charge in [0.05, 0.1) is 13.7 Å². The molecule has 0 unspecified atom stereocenters. The minimum Gasteiger partial charge on any atom is -0.496 e. The maximum atomic E-state index is 5.67. The second-order valence-electron chi connectivity index (χ2n) is 4.24. The molecular formula is C13H17BrO2. The van der Waals surface area contributed by atoms with E-state index in [9.17, 15) is 0 Å². The molecule has 0 N–H and O–H groups in total. The Morgan fingerprint density at radius 1 is 1.38 bits per heavy atom. The molecule has 0 aliphatic heterocycles. The maximum Gasteiger partial charge on any atom is 0.124 e. The second kappa shape index (κ2) is 5.69. The van der Waals surface area contributed by atoms with Crippen molar-refractivity contribution in [2.45, 2.75) is 25.9 Å². The van der Waals surface area contributed by atoms with E-state index in [1.54, 1.807) is 7.11 Å². The highest BCUT2D eigenvalue weighted by molar-refractivity contribution is 9.10. The lowest BCUT2D eigenvalue weighted by atomic mass is 10.2. The Balaban J connectivity index is 1.83. The summed E-state index contributed by atoms with van der Waals surface area (Å²) in [4.78, 5) is 0. The monoisotopic (exact) mass is 284 g/mol. The van der Waals surface area contributed by atoms with Crippen molar-refractivity contribution in [3.05, 3.63) is 28.2 Å². The number of halogens is 1. The molecule has 2 rings (SSSR count). The van der Waals surface area contributed by atoms with Gasteiger partial charge in [-0.2, -0.15) is 0 Å². The molecule has 0 radical (unpaired) electrons. The quantitative estimate of drug-likeness (QED) is 0.741. The van der Waals surface area contributed by atoms with Gasteiger partial charge in [-0.05, 0) is 30.5 Å². The largest absolute Gasteiger partial charge is 0.496 e. The minimum atomic E-state index is 0.634. The van der Waals surface area contributed by atoms with Crippen LogP contribution < -0.4 is 4.74 Å². The van der Waals surface area contributed by atoms with Gasteiger partial charge < -0.3 is 9.47 Å². The number of ether oxygens (including phenoxy) is 2. The van der Waals surface area contributed by atoms with Crippen LogP contribution >= 0.6 is 15.9 Å². The van der Waals surface area contributed by atoms with Gasteiger partial charge >= 0.3 is 0 Å². The van der Waals surface area contributed by atoms with Crippen molar-refractivity contribution in [1.82, 2.24) is 0 Å². The van der Waals surface area contributed by atoms with Crippen LogP contribution in [0.2, 0.25) is 0 Å². The van der Waals surface area contributed by atoms with E-state index in [0.717, 1.165) is 28.3 Å². The van der Waals surface area contributed by atoms with Gasteiger partial charge in [0.2, 0.25) is 0 Å². The molecule has 0 amide bonds. The Hall–Kier alpha value is -0.540. The molecule has 3 heteroatoms. The summed E-state index contributed by atoms with van der Waals surface area (Å²) in [5.41, 5.74) is 1.10. The van der Waals surface area contributed by atoms with Crippen molar-refractivity contribution in [2.24, 2.45) is 5.92 Å². The molecule has 0 atom stereocenters. The van der Waals surface area contributed by atoms with Crippen LogP contribution in [0.4, 0.5) is 0 Å². The molecule has 1 fully saturated rings. The topological polar surface area (TPSA) is 18.5 Å². The van der Waals surface area contributed by atoms with Crippen molar-refractivity contribution in [2.75, 3.05) is 13.7 Å². The summed E-state index contributed by atoms with van der Waals surface area (Å²) < 4.78 is 12.0. The van der Waals surface area contributed by atoms with Gasteiger partial charge in [-0.3, -0.25) is 0 Å². The summed E-state index contributed by atoms with van der Waals surface area (Å²) in [7, 11) is 1.69. The van der Waals surface area contributed by atoms with E-state index in [-0.39, 0.29) is 0 Å². The zero-order valence-electron chi connectivity index (χ0n) is 9.54. The van der Waals surface area contributed by atoms with Crippen LogP contribution in [-0.2, 0) is 11.3 Å². The normalized spacial score (nSPS) is 15.1. The van der Waals surface area contributed by atoms with E-state index in [1.165, 1.54) is 19.3 Å². The first-order valence-electron chi connectivity index (χ1n) is 5.70. The number of hydrogen-bond donors (Lipinski definition) is 0. The molecule has 1 aliphatic carbocycles. The number of methoxy groups -OCH3 is 1. The molecule has 1 saturated carbocycles. The molecule has 1 aromatic carbocycles. The Kier molecular flexibility index (Phi) is 4.24. The first-order chi connectivity index (χ1) is 7.79. The molecular weight excluding hydrogens is 268 g/mol. The highest BCUT2D eigenvalue weighted by Gasteiger charge is 2.20. The number of hydrogen-bond acceptors (Lipinski definition) is 2. The van der Waals surface area contributed by atoms with Crippen molar-refractivity contribution in [1.29, 1.82) is 0 Å². The van der Waals surface area contributed by atoms with E-state index in [2.05, 4.69) is 22.0 Å². The maximum absolute atomic E-state index is 5.67. The van der Waals surface area contributed by atoms with Gasteiger partial charge in [0.1, 0.15) is 5.75 Å². The van der Waals surface area contributed by atoms with Gasteiger partial charge in [0, 0.05) is 16.6 Å². The molecule has 0 spiro atoms. The molecule has 0 heterocycles. The van der Waals surface area contributed by atoms with Crippen LogP contribution in [0, 0.1) is 5.92 Å². The Bertz CT molecular complexity index is 348. The summed E-state index contributed by atoms with van der Waals surface area (Å²) in [6, 6.07) is 5.99. The molecule has 2 nitrogen and oxygen atoms in total. The minimum absolute atomic E-state index is 0.634. The van der Waals surface area contributed by atoms with E-state index >= 15 is 0 Å². The average Bonchev–Trinajstić information content (AvgIpc) is 3.08. The highest BCUT2D eigenvalue weighted by Crippen LogP contribution is 2.32. The zero-order chi connectivity index (χ0) is 11.4. The van der Waals surface area contributed by atoms with Crippen LogP contribution in [0.25, 0.3) is 0 Å². The first kappa shape index (κ1) is 11.9. The third-order valence-electron chi connectivity index (χ3n) is 2.87. The fraction of sp³-hybridized carbons (Fsp3) is 0.538. The summed E-state index contributed by atoms with van der Waals surface area (Å²) in [5, 5.41) is 0. The molecule has 88 valence electrons. The van der Waals surface area contributed by atoms with Crippen LogP contribution in [0.3, 0.4) is 0 Å². The smallest absolute Gasteiger partial charge is 0.124 e. The lowest BCUT2D eigenvalue weighted by Gasteiger charge is -2.09. The third-order valence-corrected chi connectivity index (χ3v) is 3.36. The van der Waals surface area contributed by atoms with Gasteiger partial charge in [-0.1, -0.05) is 28.8 Å². The molecule has 1 aromatic rings. The number of rotatable bonds is 6. The summed E-state index contributed by atoms with van der Waals surface area (Å²) in [5.74, 6) is 1.83. The van der Waals surface area contributed by atoms with E-state index in [0.29, 0.717) is 6.61 Å². The summed E-state index contributed by atoms with van der Waals surface area (Å²) in [6.07, 6.45) is 3.99.